The first kappa shape index (κ1) is 19.4. The normalized spacial score (nSPS) is 15.4. The van der Waals surface area contributed by atoms with Gasteiger partial charge in [0.05, 0.1) is 16.0 Å². The predicted octanol–water partition coefficient (Wildman–Crippen LogP) is 4.56. The number of hydrogen-bond donors (Lipinski definition) is 2. The van der Waals surface area contributed by atoms with Crippen LogP contribution in [0, 0.1) is 0 Å². The van der Waals surface area contributed by atoms with Crippen molar-refractivity contribution < 1.29 is 24.2 Å². The minimum atomic E-state index is -0.814. The van der Waals surface area contributed by atoms with Gasteiger partial charge < -0.3 is 9.84 Å². The van der Waals surface area contributed by atoms with Crippen molar-refractivity contribution in [3.05, 3.63) is 45.3 Å². The molecule has 1 saturated heterocycles. The highest BCUT2D eigenvalue weighted by atomic mass is 79.9. The molecule has 1 aliphatic rings. The highest BCUT2D eigenvalue weighted by molar-refractivity contribution is 9.10. The maximum Gasteiger partial charge on any atom is 0.303 e. The quantitative estimate of drug-likeness (QED) is 0.475. The van der Waals surface area contributed by atoms with Crippen molar-refractivity contribution in [1.82, 2.24) is 5.32 Å². The first-order valence-corrected chi connectivity index (χ1v) is 9.87. The Morgan fingerprint density at radius 1 is 1.22 bits per heavy atom. The Hall–Kier alpha value is -2.32. The molecule has 2 aromatic rings. The first-order valence-electron chi connectivity index (χ1n) is 8.26. The van der Waals surface area contributed by atoms with Gasteiger partial charge in [-0.05, 0) is 63.6 Å². The van der Waals surface area contributed by atoms with Crippen LogP contribution in [-0.4, -0.2) is 28.8 Å². The van der Waals surface area contributed by atoms with Crippen LogP contribution in [0.2, 0.25) is 0 Å². The molecule has 0 unspecified atom stereocenters. The van der Waals surface area contributed by atoms with Crippen LogP contribution in [0.4, 0.5) is 4.79 Å². The molecule has 3 rings (SSSR count). The minimum absolute atomic E-state index is 0.121. The standard InChI is InChI=1S/C19H16BrNO5S/c20-14-9-11(10-15-18(24)21-19(25)27-15)12-5-1-2-6-13(12)17(14)26-8-4-3-7-16(22)23/h1-2,5-6,9-10H,3-4,7-8H2,(H,22,23)(H,21,24,25)/b15-10-. The summed E-state index contributed by atoms with van der Waals surface area (Å²) in [4.78, 5) is 34.1. The Bertz CT molecular complexity index is 957. The van der Waals surface area contributed by atoms with Gasteiger partial charge in [0.2, 0.25) is 0 Å². The van der Waals surface area contributed by atoms with Crippen LogP contribution in [-0.2, 0) is 9.59 Å². The lowest BCUT2D eigenvalue weighted by Gasteiger charge is -2.13. The van der Waals surface area contributed by atoms with E-state index in [4.69, 9.17) is 9.84 Å². The number of hydrogen-bond acceptors (Lipinski definition) is 5. The molecule has 2 aromatic carbocycles. The van der Waals surface area contributed by atoms with Gasteiger partial charge in [-0.1, -0.05) is 24.3 Å². The molecule has 0 bridgehead atoms. The molecule has 2 N–H and O–H groups in total. The summed E-state index contributed by atoms with van der Waals surface area (Å²) < 4.78 is 6.62. The molecule has 2 amide bonds. The Balaban J connectivity index is 1.88. The number of ether oxygens (including phenoxy) is 1. The summed E-state index contributed by atoms with van der Waals surface area (Å²) in [6.07, 6.45) is 3.00. The van der Waals surface area contributed by atoms with Gasteiger partial charge >= 0.3 is 5.97 Å². The number of fused-ring (bicyclic) bond motifs is 1. The zero-order valence-corrected chi connectivity index (χ0v) is 16.6. The monoisotopic (exact) mass is 449 g/mol. The van der Waals surface area contributed by atoms with Gasteiger partial charge in [0.25, 0.3) is 11.1 Å². The molecule has 0 atom stereocenters. The van der Waals surface area contributed by atoms with Gasteiger partial charge in [0, 0.05) is 11.8 Å². The van der Waals surface area contributed by atoms with Gasteiger partial charge in [0.15, 0.2) is 0 Å². The molecular weight excluding hydrogens is 434 g/mol. The number of thioether (sulfide) groups is 1. The van der Waals surface area contributed by atoms with Crippen molar-refractivity contribution in [2.24, 2.45) is 0 Å². The number of amides is 2. The number of benzene rings is 2. The van der Waals surface area contributed by atoms with Gasteiger partial charge in [0.1, 0.15) is 5.75 Å². The van der Waals surface area contributed by atoms with E-state index in [1.807, 2.05) is 30.3 Å². The number of carbonyl (C=O) groups excluding carboxylic acids is 2. The van der Waals surface area contributed by atoms with Crippen LogP contribution in [0.15, 0.2) is 39.7 Å². The number of rotatable bonds is 7. The summed E-state index contributed by atoms with van der Waals surface area (Å²) in [7, 11) is 0. The lowest BCUT2D eigenvalue weighted by atomic mass is 10.0. The average molecular weight is 450 g/mol. The molecule has 140 valence electrons. The molecule has 27 heavy (non-hydrogen) atoms. The number of aliphatic carboxylic acids is 1. The molecule has 0 saturated carbocycles. The Morgan fingerprint density at radius 3 is 2.63 bits per heavy atom. The van der Waals surface area contributed by atoms with Crippen molar-refractivity contribution in [3.8, 4) is 5.75 Å². The molecule has 0 aliphatic carbocycles. The molecule has 6 nitrogen and oxygen atoms in total. The van der Waals surface area contributed by atoms with E-state index in [1.165, 1.54) is 0 Å². The van der Waals surface area contributed by atoms with Crippen LogP contribution >= 0.6 is 27.7 Å². The molecule has 1 aliphatic heterocycles. The number of imide groups is 1. The van der Waals surface area contributed by atoms with Crippen LogP contribution in [0.1, 0.15) is 24.8 Å². The van der Waals surface area contributed by atoms with Crippen LogP contribution in [0.5, 0.6) is 5.75 Å². The van der Waals surface area contributed by atoms with Crippen molar-refractivity contribution in [1.29, 1.82) is 0 Å². The number of halogens is 1. The first-order chi connectivity index (χ1) is 13.0. The van der Waals surface area contributed by atoms with E-state index < -0.39 is 11.9 Å². The Kier molecular flexibility index (Phi) is 6.18. The maximum atomic E-state index is 11.8. The second-order valence-corrected chi connectivity index (χ2v) is 7.74. The molecule has 8 heteroatoms. The summed E-state index contributed by atoms with van der Waals surface area (Å²) in [5.41, 5.74) is 0.794. The summed E-state index contributed by atoms with van der Waals surface area (Å²) >= 11 is 4.39. The SMILES string of the molecule is O=C(O)CCCCOc1c(Br)cc(/C=C2\SC(=O)NC2=O)c2ccccc12. The topological polar surface area (TPSA) is 92.7 Å². The van der Waals surface area contributed by atoms with E-state index in [1.54, 1.807) is 6.08 Å². The molecule has 0 aromatic heterocycles. The number of nitrogens with one attached hydrogen (secondary N) is 1. The lowest BCUT2D eigenvalue weighted by molar-refractivity contribution is -0.137. The lowest BCUT2D eigenvalue weighted by Crippen LogP contribution is -2.17. The van der Waals surface area contributed by atoms with E-state index in [2.05, 4.69) is 21.2 Å². The van der Waals surface area contributed by atoms with Crippen molar-refractivity contribution in [3.63, 3.8) is 0 Å². The summed E-state index contributed by atoms with van der Waals surface area (Å²) in [5.74, 6) is -0.544. The number of carbonyl (C=O) groups is 3. The third kappa shape index (κ3) is 4.70. The second kappa shape index (κ2) is 8.58. The zero-order chi connectivity index (χ0) is 19.4. The average Bonchev–Trinajstić information content (AvgIpc) is 2.94. The maximum absolute atomic E-state index is 11.8. The number of carboxylic acids is 1. The van der Waals surface area contributed by atoms with E-state index in [0.717, 1.165) is 32.6 Å². The summed E-state index contributed by atoms with van der Waals surface area (Å²) in [6.45, 7) is 0.406. The summed E-state index contributed by atoms with van der Waals surface area (Å²) in [5, 5.41) is 12.3. The van der Waals surface area contributed by atoms with E-state index in [0.29, 0.717) is 30.1 Å². The molecule has 1 fully saturated rings. The van der Waals surface area contributed by atoms with Gasteiger partial charge in [-0.15, -0.1) is 0 Å². The molecule has 1 heterocycles. The fourth-order valence-electron chi connectivity index (χ4n) is 2.72. The van der Waals surface area contributed by atoms with Gasteiger partial charge in [-0.25, -0.2) is 0 Å². The molecular formula is C19H16BrNO5S. The zero-order valence-electron chi connectivity index (χ0n) is 14.2. The third-order valence-electron chi connectivity index (χ3n) is 3.94. The van der Waals surface area contributed by atoms with Gasteiger partial charge in [-0.3, -0.25) is 19.7 Å². The largest absolute Gasteiger partial charge is 0.492 e. The third-order valence-corrected chi connectivity index (χ3v) is 5.34. The Labute approximate surface area is 168 Å². The van der Waals surface area contributed by atoms with Crippen molar-refractivity contribution in [2.75, 3.05) is 6.61 Å². The number of carboxylic acid groups (broad SMARTS) is 1. The second-order valence-electron chi connectivity index (χ2n) is 5.87. The van der Waals surface area contributed by atoms with Crippen LogP contribution in [0.3, 0.4) is 0 Å². The summed E-state index contributed by atoms with van der Waals surface area (Å²) in [6, 6.07) is 9.47. The highest BCUT2D eigenvalue weighted by Gasteiger charge is 2.25. The molecule has 0 spiro atoms. The van der Waals surface area contributed by atoms with E-state index >= 15 is 0 Å². The van der Waals surface area contributed by atoms with Crippen molar-refractivity contribution in [2.45, 2.75) is 19.3 Å². The Morgan fingerprint density at radius 2 is 1.96 bits per heavy atom. The highest BCUT2D eigenvalue weighted by Crippen LogP contribution is 2.38. The molecule has 0 radical (unpaired) electrons. The minimum Gasteiger partial charge on any atom is -0.492 e. The fourth-order valence-corrected chi connectivity index (χ4v) is 3.97. The fraction of sp³-hybridized carbons (Fsp3) is 0.211. The van der Waals surface area contributed by atoms with E-state index in [-0.39, 0.29) is 11.7 Å². The smallest absolute Gasteiger partial charge is 0.303 e. The number of unbranched alkanes of at least 4 members (excludes halogenated alkanes) is 1. The van der Waals surface area contributed by atoms with Crippen molar-refractivity contribution >= 4 is 61.7 Å². The van der Waals surface area contributed by atoms with Gasteiger partial charge in [-0.2, -0.15) is 0 Å². The van der Waals surface area contributed by atoms with E-state index in [9.17, 15) is 14.4 Å². The van der Waals surface area contributed by atoms with Crippen LogP contribution < -0.4 is 10.1 Å². The predicted molar refractivity (Wildman–Crippen MR) is 108 cm³/mol. The van der Waals surface area contributed by atoms with Crippen LogP contribution in [0.25, 0.3) is 16.8 Å².